The van der Waals surface area contributed by atoms with E-state index in [0.717, 1.165) is 28.5 Å². The predicted octanol–water partition coefficient (Wildman–Crippen LogP) is 5.05. The molecule has 51 heavy (non-hydrogen) atoms. The van der Waals surface area contributed by atoms with Crippen LogP contribution in [-0.2, 0) is 4.79 Å². The molecule has 3 aliphatic heterocycles. The van der Waals surface area contributed by atoms with E-state index in [9.17, 15) is 14.0 Å². The lowest BCUT2D eigenvalue weighted by Crippen LogP contribution is -2.49. The molecular weight excluding hydrogens is 656 g/mol. The minimum absolute atomic E-state index is 0. The van der Waals surface area contributed by atoms with E-state index in [1.54, 1.807) is 33.3 Å². The molecule has 1 saturated heterocycles. The zero-order valence-electron chi connectivity index (χ0n) is 28.9. The van der Waals surface area contributed by atoms with Crippen molar-refractivity contribution in [2.24, 2.45) is 0 Å². The van der Waals surface area contributed by atoms with E-state index >= 15 is 4.39 Å². The number of rotatable bonds is 9. The molecule has 0 saturated carbocycles. The second kappa shape index (κ2) is 14.4. The Morgan fingerprint density at radius 2 is 1.84 bits per heavy atom. The monoisotopic (exact) mass is 699 g/mol. The van der Waals surface area contributed by atoms with Crippen LogP contribution >= 0.6 is 0 Å². The lowest BCUT2D eigenvalue weighted by molar-refractivity contribution is -0.131. The van der Waals surface area contributed by atoms with Gasteiger partial charge in [0.05, 0.1) is 18.8 Å². The van der Waals surface area contributed by atoms with Gasteiger partial charge in [0.2, 0.25) is 5.91 Å². The van der Waals surface area contributed by atoms with E-state index in [0.29, 0.717) is 74.6 Å². The summed E-state index contributed by atoms with van der Waals surface area (Å²) in [6.07, 6.45) is 11.2. The number of pyridine rings is 2. The Balaban J connectivity index is 0.00000464. The maximum absolute atomic E-state index is 16.8. The van der Waals surface area contributed by atoms with Crippen molar-refractivity contribution in [2.45, 2.75) is 32.6 Å². The fourth-order valence-corrected chi connectivity index (χ4v) is 6.98. The number of nitrogens with zero attached hydrogens (tertiary/aromatic N) is 6. The first kappa shape index (κ1) is 34.0. The number of halogens is 2. The van der Waals surface area contributed by atoms with Crippen LogP contribution in [0.5, 0.6) is 5.75 Å². The minimum atomic E-state index is -0.489. The molecule has 7 rings (SSSR count). The summed E-state index contributed by atoms with van der Waals surface area (Å²) in [6.45, 7) is 7.19. The summed E-state index contributed by atoms with van der Waals surface area (Å²) in [5, 5.41) is 2.39. The smallest absolute Gasteiger partial charge is 0.270 e. The molecule has 3 aromatic heterocycles. The van der Waals surface area contributed by atoms with Gasteiger partial charge in [-0.2, -0.15) is 0 Å². The molecule has 1 aromatic carbocycles. The highest BCUT2D eigenvalue weighted by Gasteiger charge is 2.29. The molecule has 3 N–H and O–H groups in total. The summed E-state index contributed by atoms with van der Waals surface area (Å²) in [7, 11) is 1.47. The summed E-state index contributed by atoms with van der Waals surface area (Å²) < 4.78 is 35.8. The summed E-state index contributed by atoms with van der Waals surface area (Å²) in [5.41, 5.74) is 10.1. The van der Waals surface area contributed by atoms with Crippen molar-refractivity contribution in [1.29, 1.82) is 0 Å². The average Bonchev–Trinajstić information content (AvgIpc) is 3.85. The third-order valence-electron chi connectivity index (χ3n) is 9.69. The number of methoxy groups -OCH3 is 1. The van der Waals surface area contributed by atoms with Crippen molar-refractivity contribution in [3.63, 3.8) is 0 Å². The summed E-state index contributed by atoms with van der Waals surface area (Å²) in [6, 6.07) is 6.81. The van der Waals surface area contributed by atoms with Crippen LogP contribution in [0.25, 0.3) is 27.6 Å². The number of aromatic nitrogens is 3. The number of benzene rings is 1. The van der Waals surface area contributed by atoms with E-state index in [1.165, 1.54) is 13.2 Å². The Bertz CT molecular complexity index is 2030. The Morgan fingerprint density at radius 3 is 2.59 bits per heavy atom. The number of ether oxygens (including phenoxy) is 1. The molecule has 12 nitrogen and oxygen atoms in total. The van der Waals surface area contributed by atoms with Gasteiger partial charge in [-0.1, -0.05) is 19.9 Å². The number of H-pyrrole nitrogens is 1. The third-order valence-corrected chi connectivity index (χ3v) is 9.69. The van der Waals surface area contributed by atoms with Crippen molar-refractivity contribution < 1.29 is 24.5 Å². The zero-order valence-corrected chi connectivity index (χ0v) is 28.9. The summed E-state index contributed by atoms with van der Waals surface area (Å²) >= 11 is 0. The van der Waals surface area contributed by atoms with Gasteiger partial charge in [-0.15, -0.1) is 5.53 Å². The minimum Gasteiger partial charge on any atom is -0.493 e. The highest BCUT2D eigenvalue weighted by atomic mass is 19.1. The van der Waals surface area contributed by atoms with Crippen LogP contribution in [0.4, 0.5) is 14.6 Å². The van der Waals surface area contributed by atoms with E-state index < -0.39 is 11.6 Å². The fourth-order valence-electron chi connectivity index (χ4n) is 6.98. The Kier molecular flexibility index (Phi) is 9.58. The van der Waals surface area contributed by atoms with Gasteiger partial charge in [0.1, 0.15) is 11.5 Å². The molecule has 0 radical (unpaired) electrons. The standard InChI is InChI=1S/C37H41F2N9O3.H2/c1-23(2)30-21-40-8-6-26(30)28-18-27(24-5-4-10-47(22-24)33(49)7-11-48-12-9-42-44-48)34(39)35-29(28)19-31(43-35)37(50)46-15-13-45(14-16-46)36-32(51-3)17-25(38)20-41-36;/h5-6,8-9,12,17-21,23,42-44H,4,7,10-11,13-16,22H2,1-3H3;1H. The molecule has 6 heterocycles. The van der Waals surface area contributed by atoms with Gasteiger partial charge in [-0.25, -0.2) is 13.8 Å². The normalized spacial score (nSPS) is 16.2. The number of anilines is 1. The number of nitrogens with one attached hydrogen (secondary N) is 3. The summed E-state index contributed by atoms with van der Waals surface area (Å²) in [4.78, 5) is 44.4. The first-order chi connectivity index (χ1) is 24.7. The second-order valence-corrected chi connectivity index (χ2v) is 13.2. The van der Waals surface area contributed by atoms with Crippen molar-refractivity contribution in [2.75, 3.05) is 57.8 Å². The molecule has 3 aliphatic rings. The number of aromatic amines is 1. The molecule has 0 bridgehead atoms. The molecule has 4 aromatic rings. The number of fused-ring (bicyclic) bond motifs is 1. The van der Waals surface area contributed by atoms with Crippen LogP contribution in [0, 0.1) is 11.6 Å². The Hall–Kier alpha value is -5.50. The van der Waals surface area contributed by atoms with E-state index in [2.05, 4.69) is 39.8 Å². The van der Waals surface area contributed by atoms with Gasteiger partial charge in [-0.05, 0) is 52.8 Å². The van der Waals surface area contributed by atoms with E-state index in [4.69, 9.17) is 4.74 Å². The van der Waals surface area contributed by atoms with Crippen LogP contribution in [0.15, 0.2) is 61.3 Å². The predicted molar refractivity (Wildman–Crippen MR) is 192 cm³/mol. The first-order valence-corrected chi connectivity index (χ1v) is 17.2. The van der Waals surface area contributed by atoms with Gasteiger partial charge < -0.3 is 29.8 Å². The maximum atomic E-state index is 16.8. The van der Waals surface area contributed by atoms with Gasteiger partial charge in [0.25, 0.3) is 5.91 Å². The van der Waals surface area contributed by atoms with Gasteiger partial charge in [0, 0.05) is 95.5 Å². The fraction of sp³-hybridized carbons (Fsp3) is 0.351. The molecule has 0 atom stereocenters. The molecule has 268 valence electrons. The quantitative estimate of drug-likeness (QED) is 0.221. The number of carbonyl (C=O) groups excluding carboxylic acids is 2. The van der Waals surface area contributed by atoms with Crippen LogP contribution in [0.3, 0.4) is 0 Å². The van der Waals surface area contributed by atoms with Gasteiger partial charge in [0.15, 0.2) is 17.4 Å². The number of hydrazine groups is 2. The zero-order chi connectivity index (χ0) is 35.6. The largest absolute Gasteiger partial charge is 0.493 e. The lowest BCUT2D eigenvalue weighted by Gasteiger charge is -2.35. The molecule has 14 heteroatoms. The molecule has 0 spiro atoms. The van der Waals surface area contributed by atoms with E-state index in [1.807, 2.05) is 35.5 Å². The van der Waals surface area contributed by atoms with Gasteiger partial charge in [-0.3, -0.25) is 19.6 Å². The first-order valence-electron chi connectivity index (χ1n) is 17.2. The molecule has 0 unspecified atom stereocenters. The van der Waals surface area contributed by atoms with Crippen LogP contribution in [0.1, 0.15) is 55.6 Å². The van der Waals surface area contributed by atoms with Crippen LogP contribution < -0.4 is 20.6 Å². The molecule has 2 amide bonds. The second-order valence-electron chi connectivity index (χ2n) is 13.2. The van der Waals surface area contributed by atoms with Crippen molar-refractivity contribution in [3.8, 4) is 16.9 Å². The Morgan fingerprint density at radius 1 is 1.02 bits per heavy atom. The summed E-state index contributed by atoms with van der Waals surface area (Å²) in [5.74, 6) is -0.230. The molecule has 1 fully saturated rings. The number of amides is 2. The van der Waals surface area contributed by atoms with Crippen LogP contribution in [0.2, 0.25) is 0 Å². The lowest BCUT2D eigenvalue weighted by atomic mass is 9.89. The topological polar surface area (TPSA) is 122 Å². The highest BCUT2D eigenvalue weighted by molar-refractivity contribution is 6.05. The third kappa shape index (κ3) is 6.83. The van der Waals surface area contributed by atoms with Crippen molar-refractivity contribution >= 4 is 34.1 Å². The van der Waals surface area contributed by atoms with Crippen molar-refractivity contribution in [3.05, 3.63) is 89.8 Å². The van der Waals surface area contributed by atoms with Crippen molar-refractivity contribution in [1.82, 2.24) is 40.7 Å². The molecular formula is C37H43F2N9O3. The van der Waals surface area contributed by atoms with Gasteiger partial charge >= 0.3 is 0 Å². The number of hydrogen-bond donors (Lipinski definition) is 3. The number of piperazine rings is 1. The average molecular weight is 700 g/mol. The van der Waals surface area contributed by atoms with Crippen LogP contribution in [-0.4, -0.2) is 94.5 Å². The molecule has 0 aliphatic carbocycles. The Labute approximate surface area is 296 Å². The van der Waals surface area contributed by atoms with E-state index in [-0.39, 0.29) is 36.9 Å². The SMILES string of the molecule is COc1cc(F)cnc1N1CCN(C(=O)c2cc3c(-c4ccncc4C(C)C)cc(C4=CCCN(C(=O)CCN5C=CNN5)C4)c(F)c3[nH]2)CC1.[HH]. The number of hydrogen-bond acceptors (Lipinski definition) is 9. The highest BCUT2D eigenvalue weighted by Crippen LogP contribution is 2.39. The maximum Gasteiger partial charge on any atom is 0.270 e. The number of carbonyl (C=O) groups is 2.